The fraction of sp³-hybridized carbons (Fsp3) is 1.00. The fourth-order valence-corrected chi connectivity index (χ4v) is 2.40. The highest BCUT2D eigenvalue weighted by Crippen LogP contribution is 2.35. The number of halogens is 3. The second-order valence-electron chi connectivity index (χ2n) is 4.46. The molecule has 1 aliphatic carbocycles. The average Bonchev–Trinajstić information content (AvgIpc) is 2.14. The number of hydrogen-bond donors (Lipinski definition) is 0. The Balaban J connectivity index is 2.24. The largest absolute Gasteiger partial charge is 0.389 e. The zero-order valence-electron chi connectivity index (χ0n) is 8.74. The lowest BCUT2D eigenvalue weighted by Gasteiger charge is -2.28. The van der Waals surface area contributed by atoms with Crippen LogP contribution in [0.5, 0.6) is 0 Å². The van der Waals surface area contributed by atoms with Crippen LogP contribution in [0.25, 0.3) is 0 Å². The van der Waals surface area contributed by atoms with Crippen molar-refractivity contribution in [3.63, 3.8) is 0 Å². The first-order valence-electron chi connectivity index (χ1n) is 5.58. The van der Waals surface area contributed by atoms with Gasteiger partial charge in [-0.15, -0.1) is 0 Å². The van der Waals surface area contributed by atoms with E-state index >= 15 is 0 Å². The second kappa shape index (κ2) is 5.04. The Labute approximate surface area is 83.9 Å². The standard InChI is InChI=1S/C11H19F3/c1-2-9-4-3-5-10(8-9)6-7-11(12,13)14/h9-10H,2-8H2,1H3. The molecule has 0 heterocycles. The summed E-state index contributed by atoms with van der Waals surface area (Å²) in [5.74, 6) is 1.01. The molecule has 0 nitrogen and oxygen atoms in total. The minimum atomic E-state index is -3.96. The van der Waals surface area contributed by atoms with Crippen molar-refractivity contribution in [1.82, 2.24) is 0 Å². The van der Waals surface area contributed by atoms with Crippen LogP contribution in [0.15, 0.2) is 0 Å². The maximum atomic E-state index is 12.0. The number of hydrogen-bond acceptors (Lipinski definition) is 0. The second-order valence-corrected chi connectivity index (χ2v) is 4.46. The Kier molecular flexibility index (Phi) is 4.27. The Morgan fingerprint density at radius 3 is 2.36 bits per heavy atom. The van der Waals surface area contributed by atoms with Gasteiger partial charge in [0.25, 0.3) is 0 Å². The van der Waals surface area contributed by atoms with E-state index in [1.807, 2.05) is 0 Å². The lowest BCUT2D eigenvalue weighted by atomic mass is 9.78. The van der Waals surface area contributed by atoms with Crippen molar-refractivity contribution in [1.29, 1.82) is 0 Å². The van der Waals surface area contributed by atoms with Crippen LogP contribution in [-0.4, -0.2) is 6.18 Å². The molecule has 14 heavy (non-hydrogen) atoms. The van der Waals surface area contributed by atoms with E-state index in [2.05, 4.69) is 6.92 Å². The summed E-state index contributed by atoms with van der Waals surface area (Å²) < 4.78 is 36.0. The van der Waals surface area contributed by atoms with Crippen LogP contribution >= 0.6 is 0 Å². The summed E-state index contributed by atoms with van der Waals surface area (Å²) in [5, 5.41) is 0. The third-order valence-corrected chi connectivity index (χ3v) is 3.30. The highest BCUT2D eigenvalue weighted by molar-refractivity contribution is 4.73. The van der Waals surface area contributed by atoms with Gasteiger partial charge in [-0.3, -0.25) is 0 Å². The first kappa shape index (κ1) is 11.9. The maximum Gasteiger partial charge on any atom is 0.389 e. The smallest absolute Gasteiger partial charge is 0.171 e. The summed E-state index contributed by atoms with van der Waals surface area (Å²) in [6, 6.07) is 0. The van der Waals surface area contributed by atoms with Crippen LogP contribution in [0.4, 0.5) is 13.2 Å². The van der Waals surface area contributed by atoms with Crippen molar-refractivity contribution >= 4 is 0 Å². The predicted octanol–water partition coefficient (Wildman–Crippen LogP) is 4.55. The zero-order valence-corrected chi connectivity index (χ0v) is 8.74. The molecule has 0 saturated heterocycles. The molecule has 0 aromatic rings. The molecular formula is C11H19F3. The van der Waals surface area contributed by atoms with E-state index in [-0.39, 0.29) is 0 Å². The molecule has 0 spiro atoms. The molecule has 0 radical (unpaired) electrons. The fourth-order valence-electron chi connectivity index (χ4n) is 2.40. The van der Waals surface area contributed by atoms with Gasteiger partial charge in [-0.05, 0) is 24.7 Å². The molecule has 2 atom stereocenters. The molecule has 0 aromatic heterocycles. The predicted molar refractivity (Wildman–Crippen MR) is 51.0 cm³/mol. The van der Waals surface area contributed by atoms with Gasteiger partial charge in [0.15, 0.2) is 0 Å². The van der Waals surface area contributed by atoms with E-state index < -0.39 is 12.6 Å². The molecule has 0 aliphatic heterocycles. The summed E-state index contributed by atoms with van der Waals surface area (Å²) in [4.78, 5) is 0. The van der Waals surface area contributed by atoms with Gasteiger partial charge in [0, 0.05) is 6.42 Å². The number of alkyl halides is 3. The summed E-state index contributed by atoms with van der Waals surface area (Å²) in [5.41, 5.74) is 0. The van der Waals surface area contributed by atoms with E-state index in [1.165, 1.54) is 6.42 Å². The van der Waals surface area contributed by atoms with E-state index in [9.17, 15) is 13.2 Å². The van der Waals surface area contributed by atoms with Gasteiger partial charge in [0.2, 0.25) is 0 Å². The Bertz CT molecular complexity index is 162. The van der Waals surface area contributed by atoms with Crippen LogP contribution in [-0.2, 0) is 0 Å². The molecule has 0 aromatic carbocycles. The highest BCUT2D eigenvalue weighted by Gasteiger charge is 2.29. The van der Waals surface area contributed by atoms with Gasteiger partial charge < -0.3 is 0 Å². The SMILES string of the molecule is CCC1CCCC(CCC(F)(F)F)C1. The van der Waals surface area contributed by atoms with Gasteiger partial charge >= 0.3 is 6.18 Å². The molecule has 84 valence electrons. The molecule has 1 fully saturated rings. The topological polar surface area (TPSA) is 0 Å². The zero-order chi connectivity index (χ0) is 10.6. The summed E-state index contributed by atoms with van der Waals surface area (Å²) in [6.07, 6.45) is 1.30. The molecule has 1 rings (SSSR count). The Hall–Kier alpha value is -0.210. The van der Waals surface area contributed by atoms with Gasteiger partial charge in [0.1, 0.15) is 0 Å². The monoisotopic (exact) mass is 208 g/mol. The molecule has 0 bridgehead atoms. The Morgan fingerprint density at radius 1 is 1.14 bits per heavy atom. The van der Waals surface area contributed by atoms with Crippen molar-refractivity contribution in [2.45, 2.75) is 58.0 Å². The van der Waals surface area contributed by atoms with Gasteiger partial charge in [-0.2, -0.15) is 13.2 Å². The summed E-state index contributed by atoms with van der Waals surface area (Å²) in [6.45, 7) is 2.14. The highest BCUT2D eigenvalue weighted by atomic mass is 19.4. The first-order chi connectivity index (χ1) is 6.51. The van der Waals surface area contributed by atoms with Crippen LogP contribution in [0.3, 0.4) is 0 Å². The van der Waals surface area contributed by atoms with Crippen LogP contribution in [0.2, 0.25) is 0 Å². The van der Waals surface area contributed by atoms with E-state index in [1.54, 1.807) is 0 Å². The molecule has 2 unspecified atom stereocenters. The van der Waals surface area contributed by atoms with Gasteiger partial charge in [0.05, 0.1) is 0 Å². The van der Waals surface area contributed by atoms with E-state index in [0.29, 0.717) is 18.3 Å². The van der Waals surface area contributed by atoms with Gasteiger partial charge in [-0.1, -0.05) is 32.6 Å². The van der Waals surface area contributed by atoms with Crippen molar-refractivity contribution in [3.8, 4) is 0 Å². The van der Waals surface area contributed by atoms with Gasteiger partial charge in [-0.25, -0.2) is 0 Å². The van der Waals surface area contributed by atoms with Crippen LogP contribution in [0.1, 0.15) is 51.9 Å². The quantitative estimate of drug-likeness (QED) is 0.638. The molecule has 1 saturated carbocycles. The van der Waals surface area contributed by atoms with Crippen LogP contribution in [0, 0.1) is 11.8 Å². The molecule has 0 amide bonds. The molecular weight excluding hydrogens is 189 g/mol. The van der Waals surface area contributed by atoms with Crippen LogP contribution < -0.4 is 0 Å². The maximum absolute atomic E-state index is 12.0. The minimum Gasteiger partial charge on any atom is -0.171 e. The van der Waals surface area contributed by atoms with E-state index in [4.69, 9.17) is 0 Å². The normalized spacial score (nSPS) is 29.1. The lowest BCUT2D eigenvalue weighted by molar-refractivity contribution is -0.138. The molecule has 1 aliphatic rings. The summed E-state index contributed by atoms with van der Waals surface area (Å²) in [7, 11) is 0. The first-order valence-corrected chi connectivity index (χ1v) is 5.58. The van der Waals surface area contributed by atoms with Crippen molar-refractivity contribution in [3.05, 3.63) is 0 Å². The third-order valence-electron chi connectivity index (χ3n) is 3.30. The lowest BCUT2D eigenvalue weighted by Crippen LogP contribution is -2.17. The van der Waals surface area contributed by atoms with Crippen molar-refractivity contribution in [2.24, 2.45) is 11.8 Å². The molecule has 0 N–H and O–H groups in total. The molecule has 3 heteroatoms. The Morgan fingerprint density at radius 2 is 1.79 bits per heavy atom. The summed E-state index contributed by atoms with van der Waals surface area (Å²) >= 11 is 0. The number of rotatable bonds is 3. The van der Waals surface area contributed by atoms with Crippen molar-refractivity contribution in [2.75, 3.05) is 0 Å². The van der Waals surface area contributed by atoms with E-state index in [0.717, 1.165) is 25.7 Å². The van der Waals surface area contributed by atoms with Crippen molar-refractivity contribution < 1.29 is 13.2 Å². The third kappa shape index (κ3) is 4.34. The minimum absolute atomic E-state index is 0.329. The average molecular weight is 208 g/mol.